The van der Waals surface area contributed by atoms with Crippen LogP contribution in [0.25, 0.3) is 0 Å². The van der Waals surface area contributed by atoms with E-state index in [9.17, 15) is 4.79 Å². The van der Waals surface area contributed by atoms with Crippen molar-refractivity contribution in [1.82, 2.24) is 5.32 Å². The molecule has 8 nitrogen and oxygen atoms in total. The molecule has 1 N–H and O–H groups in total. The maximum Gasteiger partial charge on any atom is 0.408 e. The Morgan fingerprint density at radius 2 is 1.81 bits per heavy atom. The van der Waals surface area contributed by atoms with Crippen LogP contribution >= 0.6 is 15.9 Å². The zero-order valence-corrected chi connectivity index (χ0v) is 23.9. The Kier molecular flexibility index (Phi) is 9.28. The van der Waals surface area contributed by atoms with E-state index in [-0.39, 0.29) is 13.2 Å². The summed E-state index contributed by atoms with van der Waals surface area (Å²) >= 11 is 3.43. The van der Waals surface area contributed by atoms with E-state index in [0.717, 1.165) is 5.56 Å². The minimum absolute atomic E-state index is 0.108. The lowest BCUT2D eigenvalue weighted by Gasteiger charge is -2.51. The van der Waals surface area contributed by atoms with Crippen LogP contribution in [0.1, 0.15) is 54.0 Å². The first-order chi connectivity index (χ1) is 16.7. The fraction of sp³-hybridized carbons (Fsp3) is 0.667. The number of alkyl carbamates (subject to hydrolysis) is 1. The molecule has 2 aliphatic rings. The van der Waals surface area contributed by atoms with Crippen molar-refractivity contribution in [3.63, 3.8) is 0 Å². The average molecular weight is 571 g/mol. The Balaban J connectivity index is 1.95. The number of carbonyl (C=O) groups is 1. The highest BCUT2D eigenvalue weighted by Crippen LogP contribution is 2.40. The third kappa shape index (κ3) is 8.00. The van der Waals surface area contributed by atoms with Gasteiger partial charge in [-0.25, -0.2) is 4.79 Å². The van der Waals surface area contributed by atoms with E-state index in [2.05, 4.69) is 21.2 Å². The highest BCUT2D eigenvalue weighted by molar-refractivity contribution is 9.09. The van der Waals surface area contributed by atoms with Crippen molar-refractivity contribution in [2.75, 3.05) is 18.5 Å². The minimum atomic E-state index is -1.11. The summed E-state index contributed by atoms with van der Waals surface area (Å²) < 4.78 is 36.9. The van der Waals surface area contributed by atoms with Gasteiger partial charge in [0.25, 0.3) is 0 Å². The monoisotopic (exact) mass is 569 g/mol. The van der Waals surface area contributed by atoms with Gasteiger partial charge in [0.2, 0.25) is 0 Å². The molecule has 0 bridgehead atoms. The number of rotatable bonds is 8. The second kappa shape index (κ2) is 11.5. The second-order valence-electron chi connectivity index (χ2n) is 11.1. The molecule has 36 heavy (non-hydrogen) atoms. The van der Waals surface area contributed by atoms with E-state index in [1.165, 1.54) is 0 Å². The van der Waals surface area contributed by atoms with Crippen molar-refractivity contribution in [3.05, 3.63) is 48.0 Å². The van der Waals surface area contributed by atoms with Gasteiger partial charge >= 0.3 is 6.09 Å². The maximum atomic E-state index is 13.1. The van der Waals surface area contributed by atoms with Gasteiger partial charge in [-0.05, 0) is 54.0 Å². The number of benzene rings is 1. The number of amides is 1. The molecule has 0 saturated carbocycles. The van der Waals surface area contributed by atoms with Crippen LogP contribution in [0.15, 0.2) is 42.5 Å². The third-order valence-corrected chi connectivity index (χ3v) is 6.10. The normalized spacial score (nSPS) is 29.8. The van der Waals surface area contributed by atoms with E-state index < -0.39 is 47.1 Å². The standard InChI is InChI=1S/C27H40BrNO7/c1-24(2,3)36-23(30)29-27(17-31-16-19-12-9-8-10-13-19)18-32-25(4,5)35-22(27)21-20(14-11-15-28)33-26(6,7)34-21/h8-14,20-22H,15-18H2,1-7H3,(H,29,30)/b14-11+/t20-,21+,22-,27-/m0/s1. The first kappa shape index (κ1) is 29.1. The van der Waals surface area contributed by atoms with E-state index in [1.807, 2.05) is 91.0 Å². The molecule has 0 aliphatic carbocycles. The first-order valence-electron chi connectivity index (χ1n) is 12.3. The number of allylic oxidation sites excluding steroid dienone is 1. The lowest BCUT2D eigenvalue weighted by Crippen LogP contribution is -2.72. The van der Waals surface area contributed by atoms with Crippen LogP contribution in [0.3, 0.4) is 0 Å². The van der Waals surface area contributed by atoms with Crippen LogP contribution in [0, 0.1) is 0 Å². The topological polar surface area (TPSA) is 84.5 Å². The Hall–Kier alpha value is -1.49. The van der Waals surface area contributed by atoms with Crippen molar-refractivity contribution in [1.29, 1.82) is 0 Å². The van der Waals surface area contributed by atoms with Crippen LogP contribution in [-0.4, -0.2) is 65.7 Å². The third-order valence-electron chi connectivity index (χ3n) is 5.73. The molecular weight excluding hydrogens is 530 g/mol. The van der Waals surface area contributed by atoms with Crippen LogP contribution in [0.5, 0.6) is 0 Å². The Morgan fingerprint density at radius 1 is 1.11 bits per heavy atom. The minimum Gasteiger partial charge on any atom is -0.444 e. The van der Waals surface area contributed by atoms with Crippen LogP contribution in [-0.2, 0) is 35.0 Å². The van der Waals surface area contributed by atoms with Gasteiger partial charge in [0.15, 0.2) is 11.6 Å². The van der Waals surface area contributed by atoms with Crippen LogP contribution in [0.4, 0.5) is 4.79 Å². The van der Waals surface area contributed by atoms with Crippen LogP contribution < -0.4 is 5.32 Å². The van der Waals surface area contributed by atoms with E-state index in [1.54, 1.807) is 0 Å². The molecule has 2 fully saturated rings. The van der Waals surface area contributed by atoms with Crippen LogP contribution in [0.2, 0.25) is 0 Å². The van der Waals surface area contributed by atoms with Gasteiger partial charge in [-0.3, -0.25) is 0 Å². The smallest absolute Gasteiger partial charge is 0.408 e. The number of alkyl halides is 1. The summed E-state index contributed by atoms with van der Waals surface area (Å²) in [5.74, 6) is -1.76. The summed E-state index contributed by atoms with van der Waals surface area (Å²) in [7, 11) is 0. The molecule has 0 radical (unpaired) electrons. The van der Waals surface area contributed by atoms with Gasteiger partial charge in [0, 0.05) is 5.33 Å². The molecule has 1 aromatic carbocycles. The predicted molar refractivity (Wildman–Crippen MR) is 140 cm³/mol. The zero-order valence-electron chi connectivity index (χ0n) is 22.3. The number of ether oxygens (including phenoxy) is 6. The quantitative estimate of drug-likeness (QED) is 0.344. The van der Waals surface area contributed by atoms with Crippen molar-refractivity contribution in [2.45, 2.75) is 96.1 Å². The van der Waals surface area contributed by atoms with E-state index >= 15 is 0 Å². The molecular formula is C27H40BrNO7. The summed E-state index contributed by atoms with van der Waals surface area (Å²) in [5, 5.41) is 3.71. The molecule has 0 aromatic heterocycles. The molecule has 1 amide bonds. The summed E-state index contributed by atoms with van der Waals surface area (Å²) in [4.78, 5) is 13.1. The van der Waals surface area contributed by atoms with E-state index in [0.29, 0.717) is 11.9 Å². The molecule has 1 aromatic rings. The largest absolute Gasteiger partial charge is 0.444 e. The van der Waals surface area contributed by atoms with Gasteiger partial charge < -0.3 is 33.7 Å². The molecule has 2 aliphatic heterocycles. The molecule has 3 rings (SSSR count). The first-order valence-corrected chi connectivity index (χ1v) is 13.4. The van der Waals surface area contributed by atoms with Crippen molar-refractivity contribution in [3.8, 4) is 0 Å². The van der Waals surface area contributed by atoms with Gasteiger partial charge in [-0.2, -0.15) is 0 Å². The van der Waals surface area contributed by atoms with Gasteiger partial charge in [0.1, 0.15) is 29.5 Å². The maximum absolute atomic E-state index is 13.1. The Bertz CT molecular complexity index is 899. The summed E-state index contributed by atoms with van der Waals surface area (Å²) in [5.41, 5.74) is -0.780. The average Bonchev–Trinajstić information content (AvgIpc) is 3.07. The molecule has 2 heterocycles. The summed E-state index contributed by atoms with van der Waals surface area (Å²) in [6, 6.07) is 9.84. The van der Waals surface area contributed by atoms with Crippen molar-refractivity contribution in [2.24, 2.45) is 0 Å². The van der Waals surface area contributed by atoms with Gasteiger partial charge in [-0.15, -0.1) is 0 Å². The number of carbonyl (C=O) groups excluding carboxylic acids is 1. The highest BCUT2D eigenvalue weighted by Gasteiger charge is 2.58. The fourth-order valence-corrected chi connectivity index (χ4v) is 4.52. The zero-order chi connectivity index (χ0) is 26.6. The number of nitrogens with one attached hydrogen (secondary N) is 1. The second-order valence-corrected chi connectivity index (χ2v) is 11.8. The number of hydrogen-bond acceptors (Lipinski definition) is 7. The molecule has 202 valence electrons. The van der Waals surface area contributed by atoms with Crippen molar-refractivity contribution < 1.29 is 33.2 Å². The lowest BCUT2D eigenvalue weighted by atomic mass is 9.86. The molecule has 2 saturated heterocycles. The van der Waals surface area contributed by atoms with Crippen molar-refractivity contribution >= 4 is 22.0 Å². The molecule has 0 spiro atoms. The highest BCUT2D eigenvalue weighted by atomic mass is 79.9. The predicted octanol–water partition coefficient (Wildman–Crippen LogP) is 5.09. The van der Waals surface area contributed by atoms with Gasteiger partial charge in [0.05, 0.1) is 19.8 Å². The number of halogens is 1. The SMILES string of the molecule is CC(C)(C)OC(=O)N[C@@]1(COCc2ccccc2)COC(C)(C)O[C@H]1[C@@H]1OC(C)(C)O[C@H]1/C=C/CBr. The summed E-state index contributed by atoms with van der Waals surface area (Å²) in [6.45, 7) is 13.5. The van der Waals surface area contributed by atoms with Gasteiger partial charge in [-0.1, -0.05) is 58.4 Å². The Labute approximate surface area is 223 Å². The lowest BCUT2D eigenvalue weighted by molar-refractivity contribution is -0.325. The molecule has 4 atom stereocenters. The molecule has 0 unspecified atom stereocenters. The number of hydrogen-bond donors (Lipinski definition) is 1. The van der Waals surface area contributed by atoms with E-state index in [4.69, 9.17) is 28.4 Å². The fourth-order valence-electron chi connectivity index (χ4n) is 4.30. The molecule has 9 heteroatoms. The Morgan fingerprint density at radius 3 is 2.44 bits per heavy atom. The summed E-state index contributed by atoms with van der Waals surface area (Å²) in [6.07, 6.45) is 1.69.